The van der Waals surface area contributed by atoms with Gasteiger partial charge in [-0.1, -0.05) is 133 Å². The van der Waals surface area contributed by atoms with Gasteiger partial charge in [-0.2, -0.15) is 0 Å². The van der Waals surface area contributed by atoms with Crippen LogP contribution in [0.5, 0.6) is 0 Å². The molecule has 0 saturated carbocycles. The molecule has 17 rings (SSSR count). The van der Waals surface area contributed by atoms with Crippen molar-refractivity contribution in [1.82, 2.24) is 18.3 Å². The standard InChI is InChI=1S/C82H54F2N6/c83-59-29-33-63(34-30-59)85(69-45-47-77-73(53-69)71-25-13-15-27-75(71)87(77)61-21-9-3-10-22-61)65-37-41-67(42-38-65)89-79(55-17-5-1-6-18-55)49-57-51-82-58(52-81(57)89)50-80(56-19-7-2-8-20-56)90(82)68-43-39-66(40-44-68)86(64-35-31-60(84)32-36-64)70-46-48-78-74(54-70)72-26-14-16-28-76(72)88(78)62-23-11-4-12-24-62/h1-54H. The minimum Gasteiger partial charge on any atom is -0.310 e. The molecule has 0 N–H and O–H groups in total. The fourth-order valence-electron chi connectivity index (χ4n) is 13.6. The average Bonchev–Trinajstić information content (AvgIpc) is 1.64. The Morgan fingerprint density at radius 1 is 0.211 bits per heavy atom. The number of hydrogen-bond donors (Lipinski definition) is 0. The maximum Gasteiger partial charge on any atom is 0.123 e. The van der Waals surface area contributed by atoms with Gasteiger partial charge in [0.25, 0.3) is 0 Å². The predicted molar refractivity (Wildman–Crippen MR) is 369 cm³/mol. The second kappa shape index (κ2) is 21.4. The van der Waals surface area contributed by atoms with Crippen LogP contribution in [0.15, 0.2) is 328 Å². The van der Waals surface area contributed by atoms with Crippen LogP contribution in [0.3, 0.4) is 0 Å². The normalized spacial score (nSPS) is 11.7. The second-order valence-electron chi connectivity index (χ2n) is 22.9. The molecule has 0 aliphatic heterocycles. The van der Waals surface area contributed by atoms with Crippen LogP contribution in [-0.4, -0.2) is 18.3 Å². The monoisotopic (exact) mass is 1160 g/mol. The zero-order chi connectivity index (χ0) is 59.8. The molecule has 0 amide bonds. The molecule has 0 bridgehead atoms. The van der Waals surface area contributed by atoms with Gasteiger partial charge in [0.2, 0.25) is 0 Å². The molecule has 0 aliphatic carbocycles. The van der Waals surface area contributed by atoms with Crippen molar-refractivity contribution in [3.63, 3.8) is 0 Å². The van der Waals surface area contributed by atoms with Crippen molar-refractivity contribution >= 4 is 99.5 Å². The molecule has 90 heavy (non-hydrogen) atoms. The molecule has 0 aliphatic rings. The van der Waals surface area contributed by atoms with Crippen LogP contribution in [0.4, 0.5) is 42.9 Å². The summed E-state index contributed by atoms with van der Waals surface area (Å²) in [5.74, 6) is -0.580. The quantitative estimate of drug-likeness (QED) is 0.122. The Labute approximate surface area is 518 Å². The summed E-state index contributed by atoms with van der Waals surface area (Å²) in [5.41, 5.74) is 20.5. The Morgan fingerprint density at radius 2 is 0.511 bits per heavy atom. The van der Waals surface area contributed by atoms with Gasteiger partial charge in [0, 0.05) is 89.2 Å². The van der Waals surface area contributed by atoms with Crippen molar-refractivity contribution < 1.29 is 8.78 Å². The van der Waals surface area contributed by atoms with E-state index >= 15 is 0 Å². The highest BCUT2D eigenvalue weighted by atomic mass is 19.1. The topological polar surface area (TPSA) is 26.2 Å². The molecular formula is C82H54F2N6. The van der Waals surface area contributed by atoms with Crippen molar-refractivity contribution in [3.05, 3.63) is 339 Å². The minimum atomic E-state index is -0.290. The van der Waals surface area contributed by atoms with E-state index in [-0.39, 0.29) is 11.6 Å². The summed E-state index contributed by atoms with van der Waals surface area (Å²) < 4.78 is 38.9. The summed E-state index contributed by atoms with van der Waals surface area (Å²) >= 11 is 0. The number of benzene rings is 13. The van der Waals surface area contributed by atoms with Gasteiger partial charge >= 0.3 is 0 Å². The lowest BCUT2D eigenvalue weighted by Crippen LogP contribution is -2.10. The van der Waals surface area contributed by atoms with Gasteiger partial charge < -0.3 is 28.1 Å². The van der Waals surface area contributed by atoms with Crippen molar-refractivity contribution in [2.45, 2.75) is 0 Å². The Hall–Kier alpha value is -12.0. The first-order chi connectivity index (χ1) is 44.5. The highest BCUT2D eigenvalue weighted by molar-refractivity contribution is 6.12. The number of anilines is 6. The van der Waals surface area contributed by atoms with Gasteiger partial charge in [-0.3, -0.25) is 0 Å². The number of nitrogens with zero attached hydrogens (tertiary/aromatic N) is 6. The van der Waals surface area contributed by atoms with Gasteiger partial charge in [0.05, 0.1) is 44.5 Å². The molecule has 8 heteroatoms. The number of hydrogen-bond acceptors (Lipinski definition) is 2. The van der Waals surface area contributed by atoms with Crippen molar-refractivity contribution in [2.24, 2.45) is 0 Å². The van der Waals surface area contributed by atoms with Crippen LogP contribution in [0, 0.1) is 11.6 Å². The van der Waals surface area contributed by atoms with Crippen LogP contribution in [0.1, 0.15) is 0 Å². The zero-order valence-electron chi connectivity index (χ0n) is 48.6. The summed E-state index contributed by atoms with van der Waals surface area (Å²) in [5, 5.41) is 6.72. The first-order valence-corrected chi connectivity index (χ1v) is 30.3. The van der Waals surface area contributed by atoms with Crippen LogP contribution in [0.2, 0.25) is 0 Å². The smallest absolute Gasteiger partial charge is 0.123 e. The average molecular weight is 1160 g/mol. The maximum absolute atomic E-state index is 14.7. The van der Waals surface area contributed by atoms with E-state index in [2.05, 4.69) is 295 Å². The first-order valence-electron chi connectivity index (χ1n) is 30.3. The Morgan fingerprint density at radius 3 is 0.889 bits per heavy atom. The maximum atomic E-state index is 14.7. The van der Waals surface area contributed by atoms with Gasteiger partial charge in [0.15, 0.2) is 0 Å². The largest absolute Gasteiger partial charge is 0.310 e. The van der Waals surface area contributed by atoms with Gasteiger partial charge in [-0.05, 0) is 205 Å². The number of para-hydroxylation sites is 4. The van der Waals surface area contributed by atoms with Crippen LogP contribution < -0.4 is 9.80 Å². The fourth-order valence-corrected chi connectivity index (χ4v) is 13.6. The lowest BCUT2D eigenvalue weighted by atomic mass is 10.1. The lowest BCUT2D eigenvalue weighted by Gasteiger charge is -2.26. The van der Waals surface area contributed by atoms with Crippen molar-refractivity contribution in [3.8, 4) is 45.3 Å². The van der Waals surface area contributed by atoms with Crippen molar-refractivity contribution in [1.29, 1.82) is 0 Å². The van der Waals surface area contributed by atoms with E-state index in [0.717, 1.165) is 145 Å². The molecule has 0 radical (unpaired) electrons. The van der Waals surface area contributed by atoms with Gasteiger partial charge in [0.1, 0.15) is 11.6 Å². The molecule has 0 atom stereocenters. The summed E-state index contributed by atoms with van der Waals surface area (Å²) in [7, 11) is 0. The number of fused-ring (bicyclic) bond motifs is 8. The molecular weight excluding hydrogens is 1110 g/mol. The lowest BCUT2D eigenvalue weighted by molar-refractivity contribution is 0.627. The van der Waals surface area contributed by atoms with E-state index in [4.69, 9.17) is 0 Å². The number of aromatic nitrogens is 4. The molecule has 4 heterocycles. The molecule has 426 valence electrons. The SMILES string of the molecule is Fc1ccc(N(c2ccc(-n3c(-c4ccccc4)cc4cc5c(cc(-c6ccccc6)n5-c5ccc(N(c6ccc(F)cc6)c6ccc7c(c6)c6ccccc6n7-c6ccccc6)cc5)cc43)cc2)c2ccc3c(c2)c2ccccc2n3-c2ccccc2)cc1. The van der Waals surface area contributed by atoms with Gasteiger partial charge in [-0.25, -0.2) is 8.78 Å². The van der Waals surface area contributed by atoms with Gasteiger partial charge in [-0.15, -0.1) is 0 Å². The molecule has 0 fully saturated rings. The third kappa shape index (κ3) is 8.83. The molecule has 6 nitrogen and oxygen atoms in total. The van der Waals surface area contributed by atoms with Crippen molar-refractivity contribution in [2.75, 3.05) is 9.80 Å². The van der Waals surface area contributed by atoms with E-state index < -0.39 is 0 Å². The van der Waals surface area contributed by atoms with E-state index in [1.807, 2.05) is 36.4 Å². The molecule has 0 saturated heterocycles. The van der Waals surface area contributed by atoms with E-state index in [9.17, 15) is 8.78 Å². The fraction of sp³-hybridized carbons (Fsp3) is 0. The zero-order valence-corrected chi connectivity index (χ0v) is 48.6. The van der Waals surface area contributed by atoms with E-state index in [1.54, 1.807) is 0 Å². The third-order valence-electron chi connectivity index (χ3n) is 17.6. The molecule has 17 aromatic rings. The third-order valence-corrected chi connectivity index (χ3v) is 17.6. The number of halogens is 2. The van der Waals surface area contributed by atoms with Crippen LogP contribution in [0.25, 0.3) is 111 Å². The Balaban J connectivity index is 0.787. The first kappa shape index (κ1) is 52.3. The summed E-state index contributed by atoms with van der Waals surface area (Å²) in [4.78, 5) is 4.41. The second-order valence-corrected chi connectivity index (χ2v) is 22.9. The van der Waals surface area contributed by atoms with E-state index in [1.165, 1.54) is 24.3 Å². The highest BCUT2D eigenvalue weighted by Crippen LogP contribution is 2.45. The predicted octanol–water partition coefficient (Wildman–Crippen LogP) is 22.3. The Kier molecular flexibility index (Phi) is 12.5. The van der Waals surface area contributed by atoms with Crippen LogP contribution >= 0.6 is 0 Å². The summed E-state index contributed by atoms with van der Waals surface area (Å²) in [6.07, 6.45) is 0. The van der Waals surface area contributed by atoms with Crippen LogP contribution in [-0.2, 0) is 0 Å². The minimum absolute atomic E-state index is 0.290. The molecule has 13 aromatic carbocycles. The molecule has 4 aromatic heterocycles. The Bertz CT molecular complexity index is 5170. The highest BCUT2D eigenvalue weighted by Gasteiger charge is 2.23. The summed E-state index contributed by atoms with van der Waals surface area (Å²) in [6.45, 7) is 0. The van der Waals surface area contributed by atoms with E-state index in [0.29, 0.717) is 0 Å². The molecule has 0 unspecified atom stereocenters. The number of rotatable bonds is 12. The molecule has 0 spiro atoms. The summed E-state index contributed by atoms with van der Waals surface area (Å²) in [6, 6.07) is 113.